The molecular weight excluding hydrogens is 224 g/mol. The van der Waals surface area contributed by atoms with Crippen molar-refractivity contribution in [1.82, 2.24) is 9.88 Å². The van der Waals surface area contributed by atoms with Crippen LogP contribution in [0.1, 0.15) is 29.3 Å². The number of morpholine rings is 1. The van der Waals surface area contributed by atoms with Crippen molar-refractivity contribution in [3.05, 3.63) is 16.1 Å². The molecule has 1 aromatic heterocycles. The zero-order chi connectivity index (χ0) is 11.4. The number of aromatic nitrogens is 1. The van der Waals surface area contributed by atoms with Crippen LogP contribution < -0.4 is 0 Å². The van der Waals surface area contributed by atoms with Crippen molar-refractivity contribution in [2.45, 2.75) is 26.1 Å². The van der Waals surface area contributed by atoms with Crippen LogP contribution in [-0.4, -0.2) is 41.2 Å². The second kappa shape index (κ2) is 5.72. The molecule has 1 saturated heterocycles. The van der Waals surface area contributed by atoms with Crippen LogP contribution in [0.5, 0.6) is 0 Å². The second-order valence-corrected chi connectivity index (χ2v) is 5.13. The van der Waals surface area contributed by atoms with Gasteiger partial charge in [0.25, 0.3) is 0 Å². The van der Waals surface area contributed by atoms with Gasteiger partial charge in [-0.3, -0.25) is 4.90 Å². The zero-order valence-electron chi connectivity index (χ0n) is 9.56. The molecule has 2 rings (SSSR count). The van der Waals surface area contributed by atoms with Crippen LogP contribution >= 0.6 is 11.3 Å². The molecule has 1 atom stereocenters. The molecule has 2 heterocycles. The Bertz CT molecular complexity index is 328. The number of hydrogen-bond donors (Lipinski definition) is 1. The van der Waals surface area contributed by atoms with Crippen molar-refractivity contribution in [1.29, 1.82) is 0 Å². The van der Waals surface area contributed by atoms with E-state index in [-0.39, 0.29) is 12.7 Å². The fourth-order valence-electron chi connectivity index (χ4n) is 1.92. The molecule has 4 nitrogen and oxygen atoms in total. The first-order valence-corrected chi connectivity index (χ1v) is 6.54. The van der Waals surface area contributed by atoms with Gasteiger partial charge >= 0.3 is 0 Å². The Morgan fingerprint density at radius 1 is 1.69 bits per heavy atom. The maximum Gasteiger partial charge on any atom is 0.123 e. The number of thiazole rings is 1. The highest BCUT2D eigenvalue weighted by molar-refractivity contribution is 7.11. The maximum absolute atomic E-state index is 9.00. The molecule has 1 aromatic rings. The van der Waals surface area contributed by atoms with Gasteiger partial charge in [-0.25, -0.2) is 4.98 Å². The first-order valence-electron chi connectivity index (χ1n) is 5.73. The highest BCUT2D eigenvalue weighted by Crippen LogP contribution is 2.26. The summed E-state index contributed by atoms with van der Waals surface area (Å²) in [5.41, 5.74) is 0. The number of aliphatic hydroxyl groups is 1. The Morgan fingerprint density at radius 2 is 2.56 bits per heavy atom. The number of aliphatic hydroxyl groups excluding tert-OH is 1. The predicted molar refractivity (Wildman–Crippen MR) is 63.5 cm³/mol. The quantitative estimate of drug-likeness (QED) is 0.867. The fraction of sp³-hybridized carbons (Fsp3) is 0.727. The molecule has 5 heteroatoms. The highest BCUT2D eigenvalue weighted by Gasteiger charge is 2.23. The summed E-state index contributed by atoms with van der Waals surface area (Å²) in [5, 5.41) is 10.00. The van der Waals surface area contributed by atoms with E-state index in [1.165, 1.54) is 6.42 Å². The molecule has 0 spiro atoms. The van der Waals surface area contributed by atoms with Crippen molar-refractivity contribution in [3.8, 4) is 0 Å². The van der Waals surface area contributed by atoms with Gasteiger partial charge in [-0.05, 0) is 13.0 Å². The molecule has 1 aliphatic heterocycles. The van der Waals surface area contributed by atoms with Gasteiger partial charge < -0.3 is 9.84 Å². The van der Waals surface area contributed by atoms with Gasteiger partial charge in [0.1, 0.15) is 11.1 Å². The fourth-order valence-corrected chi connectivity index (χ4v) is 2.73. The lowest BCUT2D eigenvalue weighted by molar-refractivity contribution is -0.0299. The number of ether oxygens (including phenoxy) is 1. The van der Waals surface area contributed by atoms with Gasteiger partial charge in [0, 0.05) is 19.3 Å². The van der Waals surface area contributed by atoms with Crippen LogP contribution in [0.4, 0.5) is 0 Å². The minimum Gasteiger partial charge on any atom is -0.391 e. The van der Waals surface area contributed by atoms with E-state index in [2.05, 4.69) is 16.8 Å². The van der Waals surface area contributed by atoms with Gasteiger partial charge in [0.2, 0.25) is 0 Å². The van der Waals surface area contributed by atoms with Crippen molar-refractivity contribution < 1.29 is 9.84 Å². The van der Waals surface area contributed by atoms with Crippen LogP contribution in [0.2, 0.25) is 0 Å². The lowest BCUT2D eigenvalue weighted by Crippen LogP contribution is -2.38. The van der Waals surface area contributed by atoms with E-state index in [1.807, 2.05) is 0 Å². The Balaban J connectivity index is 1.98. The lowest BCUT2D eigenvalue weighted by Gasteiger charge is -2.31. The molecule has 0 bridgehead atoms. The number of hydrogen-bond acceptors (Lipinski definition) is 5. The van der Waals surface area contributed by atoms with Gasteiger partial charge in [0.05, 0.1) is 18.1 Å². The Labute approximate surface area is 99.9 Å². The summed E-state index contributed by atoms with van der Waals surface area (Å²) >= 11 is 1.55. The van der Waals surface area contributed by atoms with E-state index < -0.39 is 0 Å². The largest absolute Gasteiger partial charge is 0.391 e. The summed E-state index contributed by atoms with van der Waals surface area (Å²) in [6, 6.07) is 0. The minimum atomic E-state index is 0.0725. The molecule has 16 heavy (non-hydrogen) atoms. The van der Waals surface area contributed by atoms with Gasteiger partial charge in [-0.15, -0.1) is 11.3 Å². The van der Waals surface area contributed by atoms with Crippen molar-refractivity contribution >= 4 is 11.3 Å². The van der Waals surface area contributed by atoms with Crippen LogP contribution in [0.3, 0.4) is 0 Å². The van der Waals surface area contributed by atoms with Crippen molar-refractivity contribution in [2.24, 2.45) is 0 Å². The number of rotatable bonds is 4. The summed E-state index contributed by atoms with van der Waals surface area (Å²) in [5.74, 6) is 0. The monoisotopic (exact) mass is 242 g/mol. The molecule has 1 unspecified atom stereocenters. The Hall–Kier alpha value is -0.490. The highest BCUT2D eigenvalue weighted by atomic mass is 32.1. The minimum absolute atomic E-state index is 0.0725. The van der Waals surface area contributed by atoms with Crippen LogP contribution in [-0.2, 0) is 11.3 Å². The number of nitrogens with zero attached hydrogens (tertiary/aromatic N) is 2. The molecule has 1 N–H and O–H groups in total. The molecular formula is C11H18N2O2S. The third-order valence-corrected chi connectivity index (χ3v) is 3.77. The zero-order valence-corrected chi connectivity index (χ0v) is 10.4. The second-order valence-electron chi connectivity index (χ2n) is 3.98. The summed E-state index contributed by atoms with van der Waals surface area (Å²) in [4.78, 5) is 7.63. The summed E-state index contributed by atoms with van der Waals surface area (Å²) in [7, 11) is 0. The van der Waals surface area contributed by atoms with E-state index in [1.54, 1.807) is 17.5 Å². The van der Waals surface area contributed by atoms with Crippen molar-refractivity contribution in [2.75, 3.05) is 26.2 Å². The molecule has 0 aromatic carbocycles. The van der Waals surface area contributed by atoms with E-state index >= 15 is 0 Å². The molecule has 0 saturated carbocycles. The first kappa shape index (κ1) is 12.0. The topological polar surface area (TPSA) is 45.6 Å². The Morgan fingerprint density at radius 3 is 3.25 bits per heavy atom. The van der Waals surface area contributed by atoms with Gasteiger partial charge in [-0.2, -0.15) is 0 Å². The molecule has 1 fully saturated rings. The van der Waals surface area contributed by atoms with E-state index in [0.29, 0.717) is 0 Å². The molecule has 1 aliphatic rings. The maximum atomic E-state index is 9.00. The SMILES string of the molecule is CCCN1CCOC(c2ncc(CO)s2)C1. The smallest absolute Gasteiger partial charge is 0.123 e. The Kier molecular flexibility index (Phi) is 4.29. The standard InChI is InChI=1S/C11H18N2O2S/c1-2-3-13-4-5-15-10(7-13)11-12-6-9(8-14)16-11/h6,10,14H,2-5,7-8H2,1H3. The normalized spacial score (nSPS) is 22.5. The molecule has 90 valence electrons. The molecule has 0 aliphatic carbocycles. The third kappa shape index (κ3) is 2.79. The average Bonchev–Trinajstić information content (AvgIpc) is 2.78. The first-order chi connectivity index (χ1) is 7.83. The van der Waals surface area contributed by atoms with Crippen LogP contribution in [0.25, 0.3) is 0 Å². The third-order valence-electron chi connectivity index (χ3n) is 2.69. The van der Waals surface area contributed by atoms with Crippen LogP contribution in [0.15, 0.2) is 6.20 Å². The predicted octanol–water partition coefficient (Wildman–Crippen LogP) is 1.42. The molecule has 0 amide bonds. The van der Waals surface area contributed by atoms with E-state index in [4.69, 9.17) is 9.84 Å². The summed E-state index contributed by atoms with van der Waals surface area (Å²) in [6.45, 7) is 6.10. The van der Waals surface area contributed by atoms with Crippen LogP contribution in [0, 0.1) is 0 Å². The molecule has 0 radical (unpaired) electrons. The van der Waals surface area contributed by atoms with Gasteiger partial charge in [-0.1, -0.05) is 6.92 Å². The summed E-state index contributed by atoms with van der Waals surface area (Å²) < 4.78 is 5.72. The average molecular weight is 242 g/mol. The van der Waals surface area contributed by atoms with Gasteiger partial charge in [0.15, 0.2) is 0 Å². The van der Waals surface area contributed by atoms with E-state index in [9.17, 15) is 0 Å². The van der Waals surface area contributed by atoms with E-state index in [0.717, 1.165) is 36.1 Å². The summed E-state index contributed by atoms with van der Waals surface area (Å²) in [6.07, 6.45) is 3.00. The lowest BCUT2D eigenvalue weighted by atomic mass is 10.2. The van der Waals surface area contributed by atoms with Crippen molar-refractivity contribution in [3.63, 3.8) is 0 Å².